The lowest BCUT2D eigenvalue weighted by molar-refractivity contribution is 0.168. The van der Waals surface area contributed by atoms with Gasteiger partial charge in [0.15, 0.2) is 0 Å². The topological polar surface area (TPSA) is 20.2 Å². The molecular weight excluding hydrogens is 276 g/mol. The maximum absolute atomic E-state index is 10.0. The van der Waals surface area contributed by atoms with Crippen molar-refractivity contribution in [2.45, 2.75) is 18.9 Å². The molecular formula is C15H15BrO. The average molecular weight is 291 g/mol. The summed E-state index contributed by atoms with van der Waals surface area (Å²) < 4.78 is 1.09. The number of halogens is 1. The van der Waals surface area contributed by atoms with Crippen molar-refractivity contribution in [3.05, 3.63) is 70.2 Å². The van der Waals surface area contributed by atoms with Gasteiger partial charge in [-0.15, -0.1) is 0 Å². The van der Waals surface area contributed by atoms with E-state index in [2.05, 4.69) is 28.1 Å². The van der Waals surface area contributed by atoms with Gasteiger partial charge in [-0.2, -0.15) is 0 Å². The van der Waals surface area contributed by atoms with Crippen LogP contribution in [0.5, 0.6) is 0 Å². The Hall–Kier alpha value is -1.12. The standard InChI is InChI=1S/C15H15BrO/c16-14-9-6-12(7-10-14)8-11-15(17)13-4-2-1-3-5-13/h1-7,9-10,15,17H,8,11H2. The van der Waals surface area contributed by atoms with Gasteiger partial charge in [-0.25, -0.2) is 0 Å². The van der Waals surface area contributed by atoms with E-state index < -0.39 is 0 Å². The molecule has 2 rings (SSSR count). The van der Waals surface area contributed by atoms with Crippen LogP contribution in [-0.2, 0) is 6.42 Å². The van der Waals surface area contributed by atoms with Crippen molar-refractivity contribution in [3.63, 3.8) is 0 Å². The second-order valence-corrected chi connectivity index (χ2v) is 5.01. The van der Waals surface area contributed by atoms with Gasteiger partial charge in [0, 0.05) is 4.47 Å². The molecule has 1 N–H and O–H groups in total. The summed E-state index contributed by atoms with van der Waals surface area (Å²) in [4.78, 5) is 0. The van der Waals surface area contributed by atoms with Crippen LogP contribution < -0.4 is 0 Å². The van der Waals surface area contributed by atoms with Crippen molar-refractivity contribution in [3.8, 4) is 0 Å². The van der Waals surface area contributed by atoms with Crippen LogP contribution in [-0.4, -0.2) is 5.11 Å². The maximum Gasteiger partial charge on any atom is 0.0793 e. The average Bonchev–Trinajstić information content (AvgIpc) is 2.39. The number of aliphatic hydroxyl groups excluding tert-OH is 1. The van der Waals surface area contributed by atoms with Gasteiger partial charge in [0.25, 0.3) is 0 Å². The second kappa shape index (κ2) is 5.99. The van der Waals surface area contributed by atoms with Crippen LogP contribution in [0, 0.1) is 0 Å². The van der Waals surface area contributed by atoms with Crippen LogP contribution in [0.15, 0.2) is 59.1 Å². The number of hydrogen-bond acceptors (Lipinski definition) is 1. The molecule has 2 heteroatoms. The fourth-order valence-electron chi connectivity index (χ4n) is 1.80. The molecule has 0 saturated heterocycles. The highest BCUT2D eigenvalue weighted by molar-refractivity contribution is 9.10. The highest BCUT2D eigenvalue weighted by Crippen LogP contribution is 2.19. The largest absolute Gasteiger partial charge is 0.388 e. The first kappa shape index (κ1) is 12.3. The Bertz CT molecular complexity index is 450. The zero-order chi connectivity index (χ0) is 12.1. The van der Waals surface area contributed by atoms with E-state index in [0.717, 1.165) is 22.9 Å². The maximum atomic E-state index is 10.0. The molecule has 0 saturated carbocycles. The number of aliphatic hydroxyl groups is 1. The van der Waals surface area contributed by atoms with Crippen molar-refractivity contribution in [1.29, 1.82) is 0 Å². The van der Waals surface area contributed by atoms with Crippen LogP contribution >= 0.6 is 15.9 Å². The van der Waals surface area contributed by atoms with Gasteiger partial charge in [0.2, 0.25) is 0 Å². The molecule has 17 heavy (non-hydrogen) atoms. The van der Waals surface area contributed by atoms with E-state index >= 15 is 0 Å². The van der Waals surface area contributed by atoms with Crippen LogP contribution in [0.2, 0.25) is 0 Å². The summed E-state index contributed by atoms with van der Waals surface area (Å²) in [7, 11) is 0. The van der Waals surface area contributed by atoms with Crippen molar-refractivity contribution < 1.29 is 5.11 Å². The van der Waals surface area contributed by atoms with Crippen LogP contribution in [0.25, 0.3) is 0 Å². The van der Waals surface area contributed by atoms with Gasteiger partial charge in [-0.3, -0.25) is 0 Å². The highest BCUT2D eigenvalue weighted by Gasteiger charge is 2.06. The van der Waals surface area contributed by atoms with Crippen molar-refractivity contribution in [2.75, 3.05) is 0 Å². The first-order valence-electron chi connectivity index (χ1n) is 5.73. The van der Waals surface area contributed by atoms with E-state index in [4.69, 9.17) is 0 Å². The molecule has 0 amide bonds. The Kier molecular flexibility index (Phi) is 4.35. The number of hydrogen-bond donors (Lipinski definition) is 1. The minimum Gasteiger partial charge on any atom is -0.388 e. The summed E-state index contributed by atoms with van der Waals surface area (Å²) in [5.74, 6) is 0. The Morgan fingerprint density at radius 1 is 0.941 bits per heavy atom. The second-order valence-electron chi connectivity index (χ2n) is 4.09. The predicted octanol–water partition coefficient (Wildman–Crippen LogP) is 4.12. The predicted molar refractivity (Wildman–Crippen MR) is 73.9 cm³/mol. The lowest BCUT2D eigenvalue weighted by Gasteiger charge is -2.10. The number of benzene rings is 2. The van der Waals surface area contributed by atoms with Crippen molar-refractivity contribution in [1.82, 2.24) is 0 Å². The van der Waals surface area contributed by atoms with Gasteiger partial charge in [-0.05, 0) is 36.1 Å². The molecule has 0 aliphatic heterocycles. The minimum atomic E-state index is -0.375. The number of aryl methyl sites for hydroxylation is 1. The van der Waals surface area contributed by atoms with E-state index in [1.807, 2.05) is 42.5 Å². The van der Waals surface area contributed by atoms with E-state index in [0.29, 0.717) is 0 Å². The molecule has 0 aliphatic rings. The van der Waals surface area contributed by atoms with Crippen molar-refractivity contribution in [2.24, 2.45) is 0 Å². The van der Waals surface area contributed by atoms with Gasteiger partial charge in [0.05, 0.1) is 6.10 Å². The minimum absolute atomic E-state index is 0.375. The van der Waals surface area contributed by atoms with Crippen LogP contribution in [0.1, 0.15) is 23.7 Å². The molecule has 2 aromatic rings. The monoisotopic (exact) mass is 290 g/mol. The fourth-order valence-corrected chi connectivity index (χ4v) is 2.06. The Morgan fingerprint density at radius 2 is 1.59 bits per heavy atom. The Labute approximate surface area is 110 Å². The molecule has 2 aromatic carbocycles. The van der Waals surface area contributed by atoms with Crippen LogP contribution in [0.3, 0.4) is 0 Å². The molecule has 0 bridgehead atoms. The van der Waals surface area contributed by atoms with Gasteiger partial charge in [0.1, 0.15) is 0 Å². The zero-order valence-electron chi connectivity index (χ0n) is 9.51. The number of rotatable bonds is 4. The first-order chi connectivity index (χ1) is 8.25. The molecule has 0 aromatic heterocycles. The lowest BCUT2D eigenvalue weighted by Crippen LogP contribution is -1.99. The Morgan fingerprint density at radius 3 is 2.24 bits per heavy atom. The van der Waals surface area contributed by atoms with E-state index in [1.165, 1.54) is 5.56 Å². The van der Waals surface area contributed by atoms with Crippen molar-refractivity contribution >= 4 is 15.9 Å². The SMILES string of the molecule is OC(CCc1ccc(Br)cc1)c1ccccc1. The third-order valence-electron chi connectivity index (χ3n) is 2.80. The lowest BCUT2D eigenvalue weighted by atomic mass is 10.0. The smallest absolute Gasteiger partial charge is 0.0793 e. The van der Waals surface area contributed by atoms with Gasteiger partial charge < -0.3 is 5.11 Å². The summed E-state index contributed by atoms with van der Waals surface area (Å²) in [6.07, 6.45) is 1.27. The summed E-state index contributed by atoms with van der Waals surface area (Å²) in [5.41, 5.74) is 2.24. The third kappa shape index (κ3) is 3.69. The summed E-state index contributed by atoms with van der Waals surface area (Å²) in [6.45, 7) is 0. The molecule has 0 aliphatic carbocycles. The molecule has 1 unspecified atom stereocenters. The van der Waals surface area contributed by atoms with E-state index in [1.54, 1.807) is 0 Å². The van der Waals surface area contributed by atoms with E-state index in [-0.39, 0.29) is 6.10 Å². The van der Waals surface area contributed by atoms with Gasteiger partial charge >= 0.3 is 0 Å². The highest BCUT2D eigenvalue weighted by atomic mass is 79.9. The third-order valence-corrected chi connectivity index (χ3v) is 3.33. The fraction of sp³-hybridized carbons (Fsp3) is 0.200. The molecule has 1 nitrogen and oxygen atoms in total. The van der Waals surface area contributed by atoms with E-state index in [9.17, 15) is 5.11 Å². The quantitative estimate of drug-likeness (QED) is 0.898. The Balaban J connectivity index is 1.92. The molecule has 0 radical (unpaired) electrons. The van der Waals surface area contributed by atoms with Crippen LogP contribution in [0.4, 0.5) is 0 Å². The first-order valence-corrected chi connectivity index (χ1v) is 6.52. The summed E-state index contributed by atoms with van der Waals surface area (Å²) in [6, 6.07) is 18.0. The van der Waals surface area contributed by atoms with Gasteiger partial charge in [-0.1, -0.05) is 58.4 Å². The zero-order valence-corrected chi connectivity index (χ0v) is 11.1. The normalized spacial score (nSPS) is 12.4. The molecule has 1 atom stereocenters. The molecule has 0 fully saturated rings. The summed E-state index contributed by atoms with van der Waals surface area (Å²) >= 11 is 3.41. The molecule has 0 heterocycles. The summed E-state index contributed by atoms with van der Waals surface area (Å²) in [5, 5.41) is 10.0. The molecule has 0 spiro atoms. The molecule has 88 valence electrons.